The van der Waals surface area contributed by atoms with Gasteiger partial charge in [-0.05, 0) is 25.0 Å². The number of ether oxygens (including phenoxy) is 2. The number of carboxylic acid groups (broad SMARTS) is 1. The van der Waals surface area contributed by atoms with Crippen LogP contribution in [0.3, 0.4) is 0 Å². The number of benzene rings is 1. The maximum Gasteiger partial charge on any atom is 0.328 e. The molecule has 0 radical (unpaired) electrons. The summed E-state index contributed by atoms with van der Waals surface area (Å²) < 4.78 is 11.3. The van der Waals surface area contributed by atoms with E-state index in [1.165, 1.54) is 5.01 Å². The van der Waals surface area contributed by atoms with Gasteiger partial charge in [0.2, 0.25) is 0 Å². The van der Waals surface area contributed by atoms with E-state index in [2.05, 4.69) is 5.10 Å². The van der Waals surface area contributed by atoms with Crippen LogP contribution in [0.4, 0.5) is 5.69 Å². The molecule has 28 heavy (non-hydrogen) atoms. The SMILES string of the molecule is O=C(O)C1CC(C(=O)N2CCOCC3(CCOCC3)C2)=NN1c1ccccc1. The van der Waals surface area contributed by atoms with Crippen LogP contribution in [0.1, 0.15) is 19.3 Å². The number of hydrogen-bond donors (Lipinski definition) is 1. The molecule has 1 unspecified atom stereocenters. The first-order valence-corrected chi connectivity index (χ1v) is 9.67. The lowest BCUT2D eigenvalue weighted by atomic mass is 9.80. The van der Waals surface area contributed by atoms with E-state index >= 15 is 0 Å². The summed E-state index contributed by atoms with van der Waals surface area (Å²) in [5, 5.41) is 15.5. The Morgan fingerprint density at radius 1 is 1.11 bits per heavy atom. The topological polar surface area (TPSA) is 91.7 Å². The number of carbonyl (C=O) groups is 2. The van der Waals surface area contributed by atoms with Crippen molar-refractivity contribution in [1.82, 2.24) is 4.90 Å². The first-order valence-electron chi connectivity index (χ1n) is 9.67. The Morgan fingerprint density at radius 2 is 1.86 bits per heavy atom. The van der Waals surface area contributed by atoms with E-state index in [-0.39, 0.29) is 17.7 Å². The summed E-state index contributed by atoms with van der Waals surface area (Å²) in [6.07, 6.45) is 1.81. The van der Waals surface area contributed by atoms with E-state index in [1.807, 2.05) is 18.2 Å². The summed E-state index contributed by atoms with van der Waals surface area (Å²) in [7, 11) is 0. The second kappa shape index (κ2) is 7.89. The smallest absolute Gasteiger partial charge is 0.328 e. The monoisotopic (exact) mass is 387 g/mol. The van der Waals surface area contributed by atoms with Gasteiger partial charge in [-0.2, -0.15) is 5.10 Å². The molecule has 1 amide bonds. The minimum Gasteiger partial charge on any atom is -0.480 e. The van der Waals surface area contributed by atoms with E-state index in [1.54, 1.807) is 17.0 Å². The van der Waals surface area contributed by atoms with Crippen molar-refractivity contribution in [2.45, 2.75) is 25.3 Å². The molecule has 0 aromatic heterocycles. The van der Waals surface area contributed by atoms with Crippen LogP contribution in [0.15, 0.2) is 35.4 Å². The van der Waals surface area contributed by atoms with E-state index in [0.29, 0.717) is 50.9 Å². The van der Waals surface area contributed by atoms with Gasteiger partial charge >= 0.3 is 5.97 Å². The Labute approximate surface area is 163 Å². The Bertz CT molecular complexity index is 760. The number of amides is 1. The van der Waals surface area contributed by atoms with Gasteiger partial charge in [0.25, 0.3) is 5.91 Å². The minimum atomic E-state index is -0.990. The van der Waals surface area contributed by atoms with Gasteiger partial charge in [0.05, 0.1) is 18.9 Å². The van der Waals surface area contributed by atoms with Gasteiger partial charge in [-0.1, -0.05) is 18.2 Å². The summed E-state index contributed by atoms with van der Waals surface area (Å²) in [4.78, 5) is 26.7. The molecule has 3 heterocycles. The number of para-hydroxylation sites is 1. The fourth-order valence-electron chi connectivity index (χ4n) is 4.11. The summed E-state index contributed by atoms with van der Waals surface area (Å²) in [5.74, 6) is -1.18. The molecule has 1 N–H and O–H groups in total. The standard InChI is InChI=1S/C20H25N3O5/c24-18(22-8-11-28-14-20(13-22)6-9-27-10-7-20)16-12-17(19(25)26)23(21-16)15-4-2-1-3-5-15/h1-5,17H,6-14H2,(H,25,26). The molecule has 2 fully saturated rings. The summed E-state index contributed by atoms with van der Waals surface area (Å²) in [6, 6.07) is 8.22. The number of aliphatic carboxylic acids is 1. The Morgan fingerprint density at radius 3 is 2.57 bits per heavy atom. The Balaban J connectivity index is 1.55. The highest BCUT2D eigenvalue weighted by Crippen LogP contribution is 2.34. The molecule has 4 rings (SSSR count). The minimum absolute atomic E-state index is 0.0884. The molecule has 150 valence electrons. The highest BCUT2D eigenvalue weighted by atomic mass is 16.5. The second-order valence-corrected chi connectivity index (χ2v) is 7.68. The lowest BCUT2D eigenvalue weighted by molar-refractivity contribution is -0.138. The van der Waals surface area contributed by atoms with Crippen LogP contribution in [-0.4, -0.2) is 73.2 Å². The molecule has 3 aliphatic heterocycles. The van der Waals surface area contributed by atoms with Crippen molar-refractivity contribution < 1.29 is 24.2 Å². The van der Waals surface area contributed by atoms with Crippen molar-refractivity contribution in [3.8, 4) is 0 Å². The summed E-state index contributed by atoms with van der Waals surface area (Å²) in [6.45, 7) is 3.54. The molecule has 1 aromatic carbocycles. The van der Waals surface area contributed by atoms with Crippen LogP contribution in [0.25, 0.3) is 0 Å². The predicted molar refractivity (Wildman–Crippen MR) is 102 cm³/mol. The largest absolute Gasteiger partial charge is 0.480 e. The van der Waals surface area contributed by atoms with Crippen molar-refractivity contribution in [2.24, 2.45) is 10.5 Å². The molecule has 1 spiro atoms. The van der Waals surface area contributed by atoms with Crippen molar-refractivity contribution in [3.05, 3.63) is 30.3 Å². The van der Waals surface area contributed by atoms with Crippen LogP contribution < -0.4 is 5.01 Å². The lowest BCUT2D eigenvalue weighted by Crippen LogP contribution is -2.46. The second-order valence-electron chi connectivity index (χ2n) is 7.68. The van der Waals surface area contributed by atoms with Crippen LogP contribution in [-0.2, 0) is 19.1 Å². The summed E-state index contributed by atoms with van der Waals surface area (Å²) >= 11 is 0. The number of hydrogen-bond acceptors (Lipinski definition) is 6. The van der Waals surface area contributed by atoms with E-state index in [0.717, 1.165) is 12.8 Å². The first-order chi connectivity index (χ1) is 13.6. The highest BCUT2D eigenvalue weighted by molar-refractivity contribution is 6.40. The predicted octanol–water partition coefficient (Wildman–Crippen LogP) is 1.36. The van der Waals surface area contributed by atoms with E-state index < -0.39 is 12.0 Å². The molecule has 3 aliphatic rings. The number of hydrazone groups is 1. The maximum atomic E-state index is 13.2. The first kappa shape index (κ1) is 18.9. The molecule has 1 atom stereocenters. The van der Waals surface area contributed by atoms with Gasteiger partial charge in [-0.25, -0.2) is 4.79 Å². The van der Waals surface area contributed by atoms with E-state index in [4.69, 9.17) is 9.47 Å². The molecule has 8 nitrogen and oxygen atoms in total. The third-order valence-electron chi connectivity index (χ3n) is 5.74. The van der Waals surface area contributed by atoms with Gasteiger partial charge in [0, 0.05) is 38.1 Å². The van der Waals surface area contributed by atoms with Gasteiger partial charge in [0.1, 0.15) is 5.71 Å². The maximum absolute atomic E-state index is 13.2. The van der Waals surface area contributed by atoms with Crippen molar-refractivity contribution >= 4 is 23.3 Å². The van der Waals surface area contributed by atoms with Crippen LogP contribution in [0.2, 0.25) is 0 Å². The molecule has 0 saturated carbocycles. The average molecular weight is 387 g/mol. The number of carbonyl (C=O) groups excluding carboxylic acids is 1. The molecule has 2 saturated heterocycles. The quantitative estimate of drug-likeness (QED) is 0.842. The molecule has 1 aromatic rings. The summed E-state index contributed by atoms with van der Waals surface area (Å²) in [5.41, 5.74) is 0.868. The Kier molecular flexibility index (Phi) is 5.32. The van der Waals surface area contributed by atoms with E-state index in [9.17, 15) is 14.7 Å². The molecule has 0 aliphatic carbocycles. The van der Waals surface area contributed by atoms with Gasteiger partial charge < -0.3 is 19.5 Å². The third kappa shape index (κ3) is 3.74. The fraction of sp³-hybridized carbons (Fsp3) is 0.550. The van der Waals surface area contributed by atoms with Crippen LogP contribution in [0, 0.1) is 5.41 Å². The number of nitrogens with zero attached hydrogens (tertiary/aromatic N) is 3. The van der Waals surface area contributed by atoms with Gasteiger partial charge in [0.15, 0.2) is 6.04 Å². The Hall–Kier alpha value is -2.45. The molecule has 8 heteroatoms. The fourth-order valence-corrected chi connectivity index (χ4v) is 4.11. The average Bonchev–Trinajstić information content (AvgIpc) is 3.07. The normalized spacial score (nSPS) is 24.7. The molecule has 0 bridgehead atoms. The number of rotatable bonds is 3. The van der Waals surface area contributed by atoms with Crippen LogP contribution >= 0.6 is 0 Å². The van der Waals surface area contributed by atoms with Gasteiger partial charge in [-0.3, -0.25) is 9.80 Å². The zero-order chi connectivity index (χ0) is 19.6. The van der Waals surface area contributed by atoms with Crippen molar-refractivity contribution in [2.75, 3.05) is 44.5 Å². The van der Waals surface area contributed by atoms with Crippen LogP contribution in [0.5, 0.6) is 0 Å². The molecular formula is C20H25N3O5. The number of carboxylic acids is 1. The number of anilines is 1. The lowest BCUT2D eigenvalue weighted by Gasteiger charge is -2.38. The van der Waals surface area contributed by atoms with Gasteiger partial charge in [-0.15, -0.1) is 0 Å². The third-order valence-corrected chi connectivity index (χ3v) is 5.74. The highest BCUT2D eigenvalue weighted by Gasteiger charge is 2.41. The van der Waals surface area contributed by atoms with Crippen molar-refractivity contribution in [3.63, 3.8) is 0 Å². The zero-order valence-corrected chi connectivity index (χ0v) is 15.7. The van der Waals surface area contributed by atoms with Crippen molar-refractivity contribution in [1.29, 1.82) is 0 Å². The zero-order valence-electron chi connectivity index (χ0n) is 15.7. The molecular weight excluding hydrogens is 362 g/mol.